The van der Waals surface area contributed by atoms with Crippen LogP contribution in [0.1, 0.15) is 24.4 Å². The largest absolute Gasteiger partial charge is 0.329 e. The van der Waals surface area contributed by atoms with Crippen LogP contribution in [0.3, 0.4) is 0 Å². The number of fused-ring (bicyclic) bond motifs is 1. The molecule has 4 heteroatoms. The Kier molecular flexibility index (Phi) is 2.93. The summed E-state index contributed by atoms with van der Waals surface area (Å²) in [5.74, 6) is 1.26. The molecule has 0 saturated carbocycles. The number of nitrogens with zero attached hydrogens (tertiary/aromatic N) is 3. The van der Waals surface area contributed by atoms with Gasteiger partial charge in [0, 0.05) is 38.8 Å². The zero-order valence-electron chi connectivity index (χ0n) is 9.78. The quantitative estimate of drug-likeness (QED) is 0.793. The summed E-state index contributed by atoms with van der Waals surface area (Å²) in [6, 6.07) is 0. The van der Waals surface area contributed by atoms with Gasteiger partial charge >= 0.3 is 0 Å². The van der Waals surface area contributed by atoms with Gasteiger partial charge in [-0.1, -0.05) is 0 Å². The van der Waals surface area contributed by atoms with E-state index in [1.54, 1.807) is 0 Å². The van der Waals surface area contributed by atoms with Gasteiger partial charge in [0.25, 0.3) is 0 Å². The van der Waals surface area contributed by atoms with Gasteiger partial charge in [0.05, 0.1) is 5.69 Å². The second-order valence-corrected chi connectivity index (χ2v) is 4.80. The second-order valence-electron chi connectivity index (χ2n) is 4.80. The summed E-state index contributed by atoms with van der Waals surface area (Å²) in [5, 5.41) is 3.43. The topological polar surface area (TPSA) is 33.1 Å². The highest BCUT2D eigenvalue weighted by molar-refractivity contribution is 5.07. The van der Waals surface area contributed by atoms with Crippen molar-refractivity contribution < 1.29 is 0 Å². The summed E-state index contributed by atoms with van der Waals surface area (Å²) in [6.45, 7) is 6.85. The molecule has 1 fully saturated rings. The van der Waals surface area contributed by atoms with E-state index in [9.17, 15) is 0 Å². The molecule has 0 unspecified atom stereocenters. The maximum Gasteiger partial charge on any atom is 0.110 e. The Morgan fingerprint density at radius 1 is 1.19 bits per heavy atom. The van der Waals surface area contributed by atoms with Gasteiger partial charge < -0.3 is 9.88 Å². The molecule has 2 aliphatic heterocycles. The maximum atomic E-state index is 4.56. The smallest absolute Gasteiger partial charge is 0.110 e. The van der Waals surface area contributed by atoms with Gasteiger partial charge in [-0.3, -0.25) is 4.90 Å². The molecule has 4 nitrogen and oxygen atoms in total. The predicted molar refractivity (Wildman–Crippen MR) is 63.3 cm³/mol. The lowest BCUT2D eigenvalue weighted by molar-refractivity contribution is 0.321. The highest BCUT2D eigenvalue weighted by Gasteiger charge is 2.17. The molecule has 0 amide bonds. The van der Waals surface area contributed by atoms with Crippen LogP contribution in [0.25, 0.3) is 0 Å². The average molecular weight is 220 g/mol. The molecule has 88 valence electrons. The Bertz CT molecular complexity index is 352. The Balaban J connectivity index is 1.76. The molecule has 3 rings (SSSR count). The third-order valence-electron chi connectivity index (χ3n) is 3.64. The monoisotopic (exact) mass is 220 g/mol. The molecular weight excluding hydrogens is 200 g/mol. The second kappa shape index (κ2) is 4.55. The Hall–Kier alpha value is -0.870. The van der Waals surface area contributed by atoms with Crippen molar-refractivity contribution in [3.05, 3.63) is 17.7 Å². The number of hydrogen-bond acceptors (Lipinski definition) is 3. The first-order valence-corrected chi connectivity index (χ1v) is 6.40. The molecule has 0 aliphatic carbocycles. The van der Waals surface area contributed by atoms with Gasteiger partial charge in [-0.2, -0.15) is 0 Å². The molecule has 0 aromatic carbocycles. The van der Waals surface area contributed by atoms with Gasteiger partial charge in [0.15, 0.2) is 0 Å². The minimum absolute atomic E-state index is 1.07. The van der Waals surface area contributed by atoms with Crippen molar-refractivity contribution in [1.29, 1.82) is 0 Å². The summed E-state index contributed by atoms with van der Waals surface area (Å²) in [6.07, 6.45) is 5.88. The molecule has 16 heavy (non-hydrogen) atoms. The van der Waals surface area contributed by atoms with Crippen LogP contribution in [0.15, 0.2) is 6.20 Å². The van der Waals surface area contributed by atoms with Gasteiger partial charge in [-0.15, -0.1) is 0 Å². The molecule has 1 N–H and O–H groups in total. The van der Waals surface area contributed by atoms with Crippen molar-refractivity contribution in [2.24, 2.45) is 0 Å². The predicted octanol–water partition coefficient (Wildman–Crippen LogP) is 0.625. The van der Waals surface area contributed by atoms with E-state index in [1.165, 1.54) is 37.4 Å². The van der Waals surface area contributed by atoms with Crippen LogP contribution >= 0.6 is 0 Å². The van der Waals surface area contributed by atoms with Crippen molar-refractivity contribution in [1.82, 2.24) is 19.8 Å². The van der Waals surface area contributed by atoms with Crippen molar-refractivity contribution >= 4 is 0 Å². The van der Waals surface area contributed by atoms with Crippen molar-refractivity contribution in [2.45, 2.75) is 32.4 Å². The summed E-state index contributed by atoms with van der Waals surface area (Å²) in [7, 11) is 0. The Labute approximate surface area is 96.7 Å². The Morgan fingerprint density at radius 3 is 2.94 bits per heavy atom. The van der Waals surface area contributed by atoms with Crippen LogP contribution < -0.4 is 5.32 Å². The van der Waals surface area contributed by atoms with Crippen molar-refractivity contribution in [2.75, 3.05) is 26.2 Å². The molecule has 1 aromatic rings. The summed E-state index contributed by atoms with van der Waals surface area (Å²) >= 11 is 0. The Morgan fingerprint density at radius 2 is 2.06 bits per heavy atom. The van der Waals surface area contributed by atoms with Crippen LogP contribution in [0.2, 0.25) is 0 Å². The summed E-state index contributed by atoms with van der Waals surface area (Å²) in [4.78, 5) is 7.10. The lowest BCUT2D eigenvalue weighted by atomic mass is 10.4. The van der Waals surface area contributed by atoms with Crippen LogP contribution in [0.4, 0.5) is 0 Å². The minimum atomic E-state index is 1.07. The average Bonchev–Trinajstić information content (AvgIpc) is 2.86. The standard InChI is InChI=1S/C12H20N4/c1-2-7-15(6-1)10-11-9-14-12-3-4-13-5-8-16(11)12/h9,13H,1-8,10H2. The lowest BCUT2D eigenvalue weighted by Crippen LogP contribution is -2.22. The third-order valence-corrected chi connectivity index (χ3v) is 3.64. The molecule has 1 aromatic heterocycles. The number of rotatable bonds is 2. The van der Waals surface area contributed by atoms with Crippen molar-refractivity contribution in [3.63, 3.8) is 0 Å². The molecule has 3 heterocycles. The number of aromatic nitrogens is 2. The first kappa shape index (κ1) is 10.3. The fourth-order valence-electron chi connectivity index (χ4n) is 2.74. The number of likely N-dealkylation sites (tertiary alicyclic amines) is 1. The normalized spacial score (nSPS) is 22.0. The molecule has 2 aliphatic rings. The first-order valence-electron chi connectivity index (χ1n) is 6.40. The van der Waals surface area contributed by atoms with E-state index >= 15 is 0 Å². The number of hydrogen-bond donors (Lipinski definition) is 1. The fraction of sp³-hybridized carbons (Fsp3) is 0.750. The van der Waals surface area contributed by atoms with E-state index in [2.05, 4.69) is 26.0 Å². The van der Waals surface area contributed by atoms with Crippen LogP contribution in [-0.4, -0.2) is 40.6 Å². The summed E-state index contributed by atoms with van der Waals surface area (Å²) in [5.41, 5.74) is 1.40. The minimum Gasteiger partial charge on any atom is -0.329 e. The van der Waals surface area contributed by atoms with Gasteiger partial charge in [-0.05, 0) is 25.9 Å². The molecule has 0 radical (unpaired) electrons. The SMILES string of the molecule is c1nc2n(c1CN1CCCC1)CCNCC2. The van der Waals surface area contributed by atoms with E-state index in [0.717, 1.165) is 32.6 Å². The summed E-state index contributed by atoms with van der Waals surface area (Å²) < 4.78 is 2.42. The molecule has 0 spiro atoms. The first-order chi connectivity index (χ1) is 7.93. The zero-order valence-corrected chi connectivity index (χ0v) is 9.78. The molecule has 0 bridgehead atoms. The maximum absolute atomic E-state index is 4.56. The van der Waals surface area contributed by atoms with E-state index in [4.69, 9.17) is 0 Å². The van der Waals surface area contributed by atoms with E-state index in [-0.39, 0.29) is 0 Å². The zero-order chi connectivity index (χ0) is 10.8. The van der Waals surface area contributed by atoms with Crippen molar-refractivity contribution in [3.8, 4) is 0 Å². The molecule has 1 saturated heterocycles. The number of imidazole rings is 1. The van der Waals surface area contributed by atoms with Crippen LogP contribution in [0, 0.1) is 0 Å². The van der Waals surface area contributed by atoms with E-state index in [0.29, 0.717) is 0 Å². The lowest BCUT2D eigenvalue weighted by Gasteiger charge is -2.16. The van der Waals surface area contributed by atoms with Gasteiger partial charge in [0.1, 0.15) is 5.82 Å². The van der Waals surface area contributed by atoms with E-state index in [1.807, 2.05) is 0 Å². The van der Waals surface area contributed by atoms with Crippen LogP contribution in [-0.2, 0) is 19.5 Å². The number of nitrogens with one attached hydrogen (secondary N) is 1. The molecular formula is C12H20N4. The van der Waals surface area contributed by atoms with Gasteiger partial charge in [-0.25, -0.2) is 4.98 Å². The van der Waals surface area contributed by atoms with E-state index < -0.39 is 0 Å². The molecule has 0 atom stereocenters. The highest BCUT2D eigenvalue weighted by Crippen LogP contribution is 2.15. The fourth-order valence-corrected chi connectivity index (χ4v) is 2.74. The highest BCUT2D eigenvalue weighted by atomic mass is 15.2. The van der Waals surface area contributed by atoms with Crippen LogP contribution in [0.5, 0.6) is 0 Å². The van der Waals surface area contributed by atoms with Gasteiger partial charge in [0.2, 0.25) is 0 Å². The third kappa shape index (κ3) is 1.99.